The van der Waals surface area contributed by atoms with Crippen LogP contribution in [0.5, 0.6) is 0 Å². The molecule has 3 aromatic rings. The monoisotopic (exact) mass is 477 g/mol. The van der Waals surface area contributed by atoms with Gasteiger partial charge in [0.15, 0.2) is 11.2 Å². The number of aromatic amines is 1. The molecule has 0 fully saturated rings. The highest BCUT2D eigenvalue weighted by atomic mass is 35.5. The number of nitrogens with zero attached hydrogens (tertiary/aromatic N) is 3. The van der Waals surface area contributed by atoms with Crippen molar-refractivity contribution in [2.24, 2.45) is 0 Å². The standard InChI is InChI=1S/C19H19N7O6.ClH/c20-19-25-15-14(17(30)26-19)23-11(8-22-15)7-21-10-3-1-9(2-4-10)16(29)24-12(18(31)32)5-6-13(27)28;/h1-4,8,12,21H,5-7H2,(H,24,29)(H,27,28)(H,31,32)(H3,20,22,25,26,30);1H/t12-;/m0./s1. The number of hydrogen-bond donors (Lipinski definition) is 6. The maximum atomic E-state index is 12.3. The van der Waals surface area contributed by atoms with Crippen LogP contribution >= 0.6 is 12.4 Å². The quantitative estimate of drug-likeness (QED) is 0.247. The molecule has 0 aliphatic heterocycles. The first-order valence-electron chi connectivity index (χ1n) is 9.33. The highest BCUT2D eigenvalue weighted by molar-refractivity contribution is 5.96. The number of rotatable bonds is 9. The molecule has 1 atom stereocenters. The average Bonchev–Trinajstić information content (AvgIpc) is 2.75. The number of nitrogens with one attached hydrogen (secondary N) is 3. The number of nitrogens with two attached hydrogens (primary N) is 1. The van der Waals surface area contributed by atoms with E-state index < -0.39 is 29.4 Å². The van der Waals surface area contributed by atoms with E-state index in [1.54, 1.807) is 12.1 Å². The number of halogens is 1. The van der Waals surface area contributed by atoms with Gasteiger partial charge < -0.3 is 26.6 Å². The molecule has 13 nitrogen and oxygen atoms in total. The Morgan fingerprint density at radius 3 is 2.45 bits per heavy atom. The summed E-state index contributed by atoms with van der Waals surface area (Å²) in [5.74, 6) is -3.16. The summed E-state index contributed by atoms with van der Waals surface area (Å²) < 4.78 is 0. The Kier molecular flexibility index (Phi) is 8.23. The molecule has 0 unspecified atom stereocenters. The van der Waals surface area contributed by atoms with Crippen molar-refractivity contribution in [2.75, 3.05) is 11.1 Å². The van der Waals surface area contributed by atoms with Crippen LogP contribution in [-0.4, -0.2) is 54.0 Å². The molecule has 0 aliphatic carbocycles. The molecule has 33 heavy (non-hydrogen) atoms. The lowest BCUT2D eigenvalue weighted by Gasteiger charge is -2.14. The predicted molar refractivity (Wildman–Crippen MR) is 119 cm³/mol. The van der Waals surface area contributed by atoms with E-state index in [2.05, 4.69) is 30.6 Å². The molecular weight excluding hydrogens is 458 g/mol. The van der Waals surface area contributed by atoms with Crippen LogP contribution in [0, 0.1) is 0 Å². The Balaban J connectivity index is 0.00000385. The van der Waals surface area contributed by atoms with Gasteiger partial charge in [0, 0.05) is 17.7 Å². The summed E-state index contributed by atoms with van der Waals surface area (Å²) in [5.41, 5.74) is 6.47. The molecule has 3 rings (SSSR count). The first-order chi connectivity index (χ1) is 15.2. The second-order valence-corrected chi connectivity index (χ2v) is 6.71. The number of carboxylic acid groups (broad SMARTS) is 2. The van der Waals surface area contributed by atoms with Crippen LogP contribution in [0.25, 0.3) is 11.2 Å². The molecular formula is C19H20ClN7O6. The number of carboxylic acids is 2. The SMILES string of the molecule is Cl.Nc1nc2ncc(CNc3ccc(C(=O)N[C@@H](CCC(=O)O)C(=O)O)cc3)nc2c(=O)[nH]1. The first kappa shape index (κ1) is 25.0. The fraction of sp³-hybridized carbons (Fsp3) is 0.211. The van der Waals surface area contributed by atoms with Crippen molar-refractivity contribution < 1.29 is 24.6 Å². The number of fused-ring (bicyclic) bond motifs is 1. The van der Waals surface area contributed by atoms with Gasteiger partial charge in [0.1, 0.15) is 6.04 Å². The van der Waals surface area contributed by atoms with Gasteiger partial charge >= 0.3 is 11.9 Å². The molecule has 1 amide bonds. The van der Waals surface area contributed by atoms with Crippen molar-refractivity contribution in [3.05, 3.63) is 52.1 Å². The van der Waals surface area contributed by atoms with Crippen molar-refractivity contribution in [1.29, 1.82) is 0 Å². The zero-order valence-corrected chi connectivity index (χ0v) is 17.8. The maximum absolute atomic E-state index is 12.3. The fourth-order valence-corrected chi connectivity index (χ4v) is 2.75. The average molecular weight is 478 g/mol. The Morgan fingerprint density at radius 2 is 1.82 bits per heavy atom. The number of anilines is 2. The summed E-state index contributed by atoms with van der Waals surface area (Å²) in [5, 5.41) is 23.2. The van der Waals surface area contributed by atoms with Gasteiger partial charge in [-0.15, -0.1) is 12.4 Å². The Labute approximate surface area is 191 Å². The Morgan fingerprint density at radius 1 is 1.12 bits per heavy atom. The summed E-state index contributed by atoms with van der Waals surface area (Å²) >= 11 is 0. The Bertz CT molecular complexity index is 1230. The highest BCUT2D eigenvalue weighted by Gasteiger charge is 2.21. The minimum Gasteiger partial charge on any atom is -0.481 e. The maximum Gasteiger partial charge on any atom is 0.326 e. The smallest absolute Gasteiger partial charge is 0.326 e. The van der Waals surface area contributed by atoms with E-state index in [1.807, 2.05) is 0 Å². The largest absolute Gasteiger partial charge is 0.481 e. The summed E-state index contributed by atoms with van der Waals surface area (Å²) in [4.78, 5) is 60.6. The van der Waals surface area contributed by atoms with Crippen LogP contribution in [0.1, 0.15) is 28.9 Å². The summed E-state index contributed by atoms with van der Waals surface area (Å²) in [6.45, 7) is 0.231. The van der Waals surface area contributed by atoms with E-state index in [9.17, 15) is 19.2 Å². The summed E-state index contributed by atoms with van der Waals surface area (Å²) in [6, 6.07) is 4.86. The zero-order chi connectivity index (χ0) is 23.3. The van der Waals surface area contributed by atoms with Gasteiger partial charge in [-0.25, -0.2) is 14.8 Å². The molecule has 14 heteroatoms. The van der Waals surface area contributed by atoms with Crippen LogP contribution in [-0.2, 0) is 16.1 Å². The van der Waals surface area contributed by atoms with Crippen LogP contribution in [0.3, 0.4) is 0 Å². The second kappa shape index (κ2) is 10.9. The number of aliphatic carboxylic acids is 2. The highest BCUT2D eigenvalue weighted by Crippen LogP contribution is 2.12. The summed E-state index contributed by atoms with van der Waals surface area (Å²) in [6.07, 6.45) is 0.840. The number of nitrogen functional groups attached to an aromatic ring is 1. The van der Waals surface area contributed by atoms with Crippen molar-refractivity contribution in [2.45, 2.75) is 25.4 Å². The fourth-order valence-electron chi connectivity index (χ4n) is 2.75. The third kappa shape index (κ3) is 6.61. The van der Waals surface area contributed by atoms with Crippen molar-refractivity contribution in [3.8, 4) is 0 Å². The van der Waals surface area contributed by atoms with Gasteiger partial charge in [0.2, 0.25) is 5.95 Å². The number of aromatic nitrogens is 4. The van der Waals surface area contributed by atoms with Gasteiger partial charge in [-0.05, 0) is 30.7 Å². The number of hydrogen-bond acceptors (Lipinski definition) is 9. The topological polar surface area (TPSA) is 213 Å². The molecule has 0 bridgehead atoms. The van der Waals surface area contributed by atoms with Crippen LogP contribution in [0.15, 0.2) is 35.3 Å². The van der Waals surface area contributed by atoms with Crippen LogP contribution < -0.4 is 21.9 Å². The lowest BCUT2D eigenvalue weighted by atomic mass is 10.1. The van der Waals surface area contributed by atoms with Gasteiger partial charge in [-0.1, -0.05) is 0 Å². The molecule has 7 N–H and O–H groups in total. The van der Waals surface area contributed by atoms with Gasteiger partial charge in [-0.3, -0.25) is 19.4 Å². The van der Waals surface area contributed by atoms with E-state index in [0.717, 1.165) is 0 Å². The molecule has 1 aromatic carbocycles. The molecule has 2 aromatic heterocycles. The predicted octanol–water partition coefficient (Wildman–Crippen LogP) is 0.377. The minimum atomic E-state index is -1.31. The molecule has 0 saturated carbocycles. The lowest BCUT2D eigenvalue weighted by Crippen LogP contribution is -2.41. The van der Waals surface area contributed by atoms with E-state index in [4.69, 9.17) is 15.9 Å². The zero-order valence-electron chi connectivity index (χ0n) is 16.9. The number of carbonyl (C=O) groups is 3. The van der Waals surface area contributed by atoms with Gasteiger partial charge in [0.25, 0.3) is 11.5 Å². The van der Waals surface area contributed by atoms with Crippen molar-refractivity contribution in [3.63, 3.8) is 0 Å². The van der Waals surface area contributed by atoms with E-state index in [1.165, 1.54) is 18.3 Å². The first-order valence-corrected chi connectivity index (χ1v) is 9.33. The van der Waals surface area contributed by atoms with E-state index in [0.29, 0.717) is 11.4 Å². The normalized spacial score (nSPS) is 11.3. The number of amides is 1. The van der Waals surface area contributed by atoms with Crippen LogP contribution in [0.2, 0.25) is 0 Å². The third-order valence-corrected chi connectivity index (χ3v) is 4.36. The van der Waals surface area contributed by atoms with Crippen LogP contribution in [0.4, 0.5) is 11.6 Å². The molecule has 0 radical (unpaired) electrons. The van der Waals surface area contributed by atoms with Gasteiger partial charge in [-0.2, -0.15) is 4.98 Å². The number of carbonyl (C=O) groups excluding carboxylic acids is 1. The molecule has 2 heterocycles. The number of benzene rings is 1. The van der Waals surface area contributed by atoms with E-state index >= 15 is 0 Å². The Hall–Kier alpha value is -4.26. The molecule has 0 saturated heterocycles. The van der Waals surface area contributed by atoms with Crippen molar-refractivity contribution in [1.82, 2.24) is 25.3 Å². The molecule has 0 aliphatic rings. The summed E-state index contributed by atoms with van der Waals surface area (Å²) in [7, 11) is 0. The molecule has 0 spiro atoms. The van der Waals surface area contributed by atoms with Crippen molar-refractivity contribution >= 4 is 53.1 Å². The second-order valence-electron chi connectivity index (χ2n) is 6.71. The third-order valence-electron chi connectivity index (χ3n) is 4.36. The lowest BCUT2D eigenvalue weighted by molar-refractivity contribution is -0.140. The van der Waals surface area contributed by atoms with Gasteiger partial charge in [0.05, 0.1) is 18.4 Å². The van der Waals surface area contributed by atoms with E-state index in [-0.39, 0.29) is 54.5 Å². The number of H-pyrrole nitrogens is 1. The molecule has 174 valence electrons. The minimum absolute atomic E-state index is 0.